The van der Waals surface area contributed by atoms with Gasteiger partial charge >= 0.3 is 11.9 Å². The number of aromatic nitrogens is 3. The minimum absolute atomic E-state index is 0.0627. The maximum atomic E-state index is 13.1. The van der Waals surface area contributed by atoms with Crippen LogP contribution in [0.4, 0.5) is 17.3 Å². The Morgan fingerprint density at radius 3 is 2.58 bits per heavy atom. The van der Waals surface area contributed by atoms with Gasteiger partial charge in [0.15, 0.2) is 0 Å². The second-order valence-electron chi connectivity index (χ2n) is 8.90. The van der Waals surface area contributed by atoms with Crippen molar-refractivity contribution in [3.63, 3.8) is 0 Å². The van der Waals surface area contributed by atoms with Crippen LogP contribution in [0.1, 0.15) is 48.9 Å². The van der Waals surface area contributed by atoms with E-state index in [4.69, 9.17) is 0 Å². The van der Waals surface area contributed by atoms with E-state index in [0.717, 1.165) is 42.3 Å². The van der Waals surface area contributed by atoms with Gasteiger partial charge in [-0.2, -0.15) is 0 Å². The summed E-state index contributed by atoms with van der Waals surface area (Å²) < 4.78 is 0. The summed E-state index contributed by atoms with van der Waals surface area (Å²) in [6, 6.07) is 8.03. The molecule has 0 radical (unpaired) electrons. The summed E-state index contributed by atoms with van der Waals surface area (Å²) in [7, 11) is 0. The molecule has 0 saturated heterocycles. The maximum absolute atomic E-state index is 13.1. The lowest BCUT2D eigenvalue weighted by atomic mass is 9.86. The van der Waals surface area contributed by atoms with Gasteiger partial charge in [0.2, 0.25) is 0 Å². The summed E-state index contributed by atoms with van der Waals surface area (Å²) in [6.45, 7) is 0. The first kappa shape index (κ1) is 21.3. The van der Waals surface area contributed by atoms with E-state index in [9.17, 15) is 14.7 Å². The predicted octanol–water partition coefficient (Wildman–Crippen LogP) is 2.69. The van der Waals surface area contributed by atoms with Gasteiger partial charge < -0.3 is 15.7 Å². The van der Waals surface area contributed by atoms with Gasteiger partial charge in [0.05, 0.1) is 23.2 Å². The number of nitrogens with one attached hydrogen (secondary N) is 2. The average Bonchev–Trinajstić information content (AvgIpc) is 3.63. The Balaban J connectivity index is 1.31. The summed E-state index contributed by atoms with van der Waals surface area (Å²) >= 11 is 0. The number of carboxylic acid groups (broad SMARTS) is 1. The standard InChI is InChI=1S/C24H26N6O3/c31-23(28-17-4-1-14(2-5-17)24(32)33)18-13-26-22(11-20(18)27-16-6-7-16)30-21-8-3-15-12-25-10-9-19(15)29-21/h3,8-14,16-17H,1-2,4-7H2,(H,28,31)(H,32,33)(H2,26,27,29,30)/p+1. The lowest BCUT2D eigenvalue weighted by Crippen LogP contribution is -2.93. The molecule has 2 aliphatic carbocycles. The molecule has 2 aliphatic rings. The van der Waals surface area contributed by atoms with E-state index in [1.54, 1.807) is 23.9 Å². The zero-order chi connectivity index (χ0) is 22.8. The van der Waals surface area contributed by atoms with Crippen LogP contribution in [0.5, 0.6) is 0 Å². The van der Waals surface area contributed by atoms with Gasteiger partial charge in [-0.05, 0) is 43.9 Å². The van der Waals surface area contributed by atoms with E-state index in [1.807, 2.05) is 24.3 Å². The number of hydrogen-bond acceptors (Lipinski definition) is 7. The van der Waals surface area contributed by atoms with Gasteiger partial charge in [0.25, 0.3) is 0 Å². The SMILES string of the molecule is O=C([NH2+]C1CCC(C(=O)O)CC1)c1cnc(Nc2ccc3cnccc3n2)cc1NC1CC1. The minimum Gasteiger partial charge on any atom is -0.481 e. The van der Waals surface area contributed by atoms with E-state index >= 15 is 0 Å². The van der Waals surface area contributed by atoms with Crippen molar-refractivity contribution in [2.24, 2.45) is 5.92 Å². The molecule has 3 heterocycles. The van der Waals surface area contributed by atoms with E-state index in [2.05, 4.69) is 25.6 Å². The molecule has 170 valence electrons. The Hall–Kier alpha value is -3.59. The molecule has 33 heavy (non-hydrogen) atoms. The van der Waals surface area contributed by atoms with Crippen molar-refractivity contribution < 1.29 is 20.0 Å². The molecule has 5 N–H and O–H groups in total. The molecule has 0 spiro atoms. The fourth-order valence-corrected chi connectivity index (χ4v) is 4.29. The number of carbonyl (C=O) groups is 2. The molecular weight excluding hydrogens is 420 g/mol. The predicted molar refractivity (Wildman–Crippen MR) is 123 cm³/mol. The minimum atomic E-state index is -0.736. The Bertz CT molecular complexity index is 1190. The van der Waals surface area contributed by atoms with E-state index in [0.29, 0.717) is 36.1 Å². The largest absolute Gasteiger partial charge is 0.481 e. The number of amides is 1. The number of quaternary nitrogens is 1. The molecule has 0 atom stereocenters. The molecule has 0 bridgehead atoms. The van der Waals surface area contributed by atoms with Crippen LogP contribution in [0.2, 0.25) is 0 Å². The van der Waals surface area contributed by atoms with Crippen LogP contribution in [0, 0.1) is 5.92 Å². The van der Waals surface area contributed by atoms with Crippen LogP contribution in [0.15, 0.2) is 42.9 Å². The number of carboxylic acids is 1. The number of rotatable bonds is 7. The zero-order valence-electron chi connectivity index (χ0n) is 18.2. The van der Waals surface area contributed by atoms with Crippen molar-refractivity contribution in [3.05, 3.63) is 48.4 Å². The Kier molecular flexibility index (Phi) is 5.87. The molecule has 0 unspecified atom stereocenters. The number of pyridine rings is 3. The van der Waals surface area contributed by atoms with Crippen LogP contribution >= 0.6 is 0 Å². The van der Waals surface area contributed by atoms with Crippen LogP contribution < -0.4 is 16.0 Å². The smallest absolute Gasteiger partial charge is 0.346 e. The molecule has 2 fully saturated rings. The topological polar surface area (TPSA) is 134 Å². The highest BCUT2D eigenvalue weighted by Gasteiger charge is 2.31. The number of carbonyl (C=O) groups excluding carboxylic acids is 1. The summed E-state index contributed by atoms with van der Waals surface area (Å²) in [4.78, 5) is 37.4. The Morgan fingerprint density at radius 2 is 1.82 bits per heavy atom. The molecule has 2 saturated carbocycles. The normalized spacial score (nSPS) is 20.4. The highest BCUT2D eigenvalue weighted by Crippen LogP contribution is 2.29. The Morgan fingerprint density at radius 1 is 1.00 bits per heavy atom. The number of primary amides is 1. The molecule has 9 heteroatoms. The van der Waals surface area contributed by atoms with Crippen molar-refractivity contribution in [2.45, 2.75) is 50.6 Å². The lowest BCUT2D eigenvalue weighted by Gasteiger charge is -2.24. The third kappa shape index (κ3) is 5.09. The first-order valence-electron chi connectivity index (χ1n) is 11.4. The molecule has 3 aromatic rings. The highest BCUT2D eigenvalue weighted by atomic mass is 16.4. The van der Waals surface area contributed by atoms with Crippen molar-refractivity contribution >= 4 is 40.1 Å². The number of fused-ring (bicyclic) bond motifs is 1. The van der Waals surface area contributed by atoms with E-state index < -0.39 is 5.97 Å². The highest BCUT2D eigenvalue weighted by molar-refractivity contribution is 5.94. The van der Waals surface area contributed by atoms with Gasteiger partial charge in [-0.15, -0.1) is 0 Å². The third-order valence-electron chi connectivity index (χ3n) is 6.36. The number of aliphatic carboxylic acids is 1. The molecule has 1 amide bonds. The number of nitrogens with zero attached hydrogens (tertiary/aromatic N) is 3. The second-order valence-corrected chi connectivity index (χ2v) is 8.90. The molecule has 0 aliphatic heterocycles. The quantitative estimate of drug-likeness (QED) is 0.434. The summed E-state index contributed by atoms with van der Waals surface area (Å²) in [6.07, 6.45) is 9.95. The zero-order valence-corrected chi connectivity index (χ0v) is 18.2. The molecule has 5 rings (SSSR count). The van der Waals surface area contributed by atoms with Gasteiger partial charge in [0, 0.05) is 48.9 Å². The van der Waals surface area contributed by atoms with Crippen molar-refractivity contribution in [2.75, 3.05) is 10.6 Å². The summed E-state index contributed by atoms with van der Waals surface area (Å²) in [5.74, 6) is 0.189. The summed E-state index contributed by atoms with van der Waals surface area (Å²) in [5.41, 5.74) is 2.15. The first-order chi connectivity index (χ1) is 16.0. The number of anilines is 3. The van der Waals surface area contributed by atoms with Crippen LogP contribution in [0.3, 0.4) is 0 Å². The maximum Gasteiger partial charge on any atom is 0.346 e. The van der Waals surface area contributed by atoms with Gasteiger partial charge in [-0.1, -0.05) is 0 Å². The average molecular weight is 448 g/mol. The van der Waals surface area contributed by atoms with Crippen LogP contribution in [-0.4, -0.2) is 44.0 Å². The van der Waals surface area contributed by atoms with Crippen LogP contribution in [0.25, 0.3) is 10.9 Å². The van der Waals surface area contributed by atoms with E-state index in [-0.39, 0.29) is 17.9 Å². The van der Waals surface area contributed by atoms with Gasteiger partial charge in [-0.3, -0.25) is 15.1 Å². The molecule has 9 nitrogen and oxygen atoms in total. The number of nitrogens with two attached hydrogens (primary N) is 1. The fourth-order valence-electron chi connectivity index (χ4n) is 4.29. The summed E-state index contributed by atoms with van der Waals surface area (Å²) in [5, 5.41) is 18.6. The van der Waals surface area contributed by atoms with Gasteiger partial charge in [0.1, 0.15) is 17.2 Å². The van der Waals surface area contributed by atoms with Gasteiger partial charge in [-0.25, -0.2) is 14.8 Å². The van der Waals surface area contributed by atoms with Crippen LogP contribution in [-0.2, 0) is 4.79 Å². The first-order valence-corrected chi connectivity index (χ1v) is 11.4. The molecule has 0 aromatic carbocycles. The second kappa shape index (κ2) is 9.11. The number of hydrogen-bond donors (Lipinski definition) is 4. The fraction of sp³-hybridized carbons (Fsp3) is 0.375. The van der Waals surface area contributed by atoms with Crippen molar-refractivity contribution in [1.82, 2.24) is 15.0 Å². The van der Waals surface area contributed by atoms with E-state index in [1.165, 1.54) is 0 Å². The molecular formula is C24H27N6O3+. The van der Waals surface area contributed by atoms with Crippen molar-refractivity contribution in [1.29, 1.82) is 0 Å². The monoisotopic (exact) mass is 447 g/mol. The lowest BCUT2D eigenvalue weighted by molar-refractivity contribution is -0.598. The van der Waals surface area contributed by atoms with Crippen molar-refractivity contribution in [3.8, 4) is 0 Å². The third-order valence-corrected chi connectivity index (χ3v) is 6.36. The Labute approximate surface area is 191 Å². The molecule has 3 aromatic heterocycles.